The fraction of sp³-hybridized carbons (Fsp3) is 0.250. The van der Waals surface area contributed by atoms with Gasteiger partial charge in [-0.15, -0.1) is 0 Å². The van der Waals surface area contributed by atoms with Crippen LogP contribution in [0.15, 0.2) is 53.3 Å². The van der Waals surface area contributed by atoms with Crippen molar-refractivity contribution in [2.45, 2.75) is 39.4 Å². The summed E-state index contributed by atoms with van der Waals surface area (Å²) in [5, 5.41) is 0.242. The van der Waals surface area contributed by atoms with Crippen LogP contribution in [0.4, 0.5) is 13.2 Å². The first kappa shape index (κ1) is 21.1. The van der Waals surface area contributed by atoms with Gasteiger partial charge in [-0.3, -0.25) is 13.9 Å². The van der Waals surface area contributed by atoms with Crippen molar-refractivity contribution in [2.24, 2.45) is 0 Å². The summed E-state index contributed by atoms with van der Waals surface area (Å²) >= 11 is 0. The van der Waals surface area contributed by atoms with Crippen LogP contribution >= 0.6 is 0 Å². The van der Waals surface area contributed by atoms with Crippen molar-refractivity contribution in [3.8, 4) is 5.69 Å². The Bertz CT molecular complexity index is 1600. The maximum atomic E-state index is 13.6. The second-order valence-corrected chi connectivity index (χ2v) is 8.06. The number of fused-ring (bicyclic) bond motifs is 4. The summed E-state index contributed by atoms with van der Waals surface area (Å²) in [4.78, 5) is 27.7. The zero-order valence-corrected chi connectivity index (χ0v) is 18.2. The van der Waals surface area contributed by atoms with Crippen LogP contribution < -0.4 is 5.56 Å². The molecule has 0 unspecified atom stereocenters. The Morgan fingerprint density at radius 2 is 1.67 bits per heavy atom. The molecule has 0 aliphatic rings. The van der Waals surface area contributed by atoms with Gasteiger partial charge in [-0.2, -0.15) is 13.2 Å². The van der Waals surface area contributed by atoms with Crippen LogP contribution in [0.2, 0.25) is 0 Å². The standard InChI is InChI=1S/C24H20F3N5O/c1-4-13(2)31-14(3)28-21-19(23(31)33)20-22(30-18-11-6-5-10-17(18)29-20)32(21)16-9-7-8-15(12-16)24(25,26)27/h5-13H,4H2,1-3H3/t13-/m0/s1. The first-order chi connectivity index (χ1) is 15.7. The first-order valence-electron chi connectivity index (χ1n) is 10.6. The number of hydrogen-bond donors (Lipinski definition) is 0. The van der Waals surface area contributed by atoms with Crippen molar-refractivity contribution in [1.82, 2.24) is 24.1 Å². The van der Waals surface area contributed by atoms with Crippen LogP contribution in [-0.4, -0.2) is 24.1 Å². The van der Waals surface area contributed by atoms with E-state index in [1.165, 1.54) is 10.6 Å². The van der Waals surface area contributed by atoms with E-state index in [0.717, 1.165) is 18.6 Å². The number of aryl methyl sites for hydroxylation is 1. The lowest BCUT2D eigenvalue weighted by Crippen LogP contribution is -2.26. The number of alkyl halides is 3. The van der Waals surface area contributed by atoms with E-state index in [1.807, 2.05) is 19.9 Å². The SMILES string of the molecule is CC[C@H](C)n1c(C)nc2c(c1=O)c1nc3ccccc3nc1n2-c1cccc(C(F)(F)F)c1. The largest absolute Gasteiger partial charge is 0.416 e. The molecule has 0 aliphatic carbocycles. The molecule has 5 aromatic rings. The predicted molar refractivity (Wildman–Crippen MR) is 121 cm³/mol. The van der Waals surface area contributed by atoms with Gasteiger partial charge in [0.2, 0.25) is 0 Å². The third-order valence-corrected chi connectivity index (χ3v) is 5.95. The average molecular weight is 451 g/mol. The smallest absolute Gasteiger partial charge is 0.293 e. The molecular weight excluding hydrogens is 431 g/mol. The molecule has 0 bridgehead atoms. The number of aromatic nitrogens is 5. The van der Waals surface area contributed by atoms with Gasteiger partial charge in [-0.05, 0) is 50.6 Å². The highest BCUT2D eigenvalue weighted by molar-refractivity contribution is 6.05. The fourth-order valence-corrected chi connectivity index (χ4v) is 4.18. The van der Waals surface area contributed by atoms with E-state index >= 15 is 0 Å². The molecule has 6 nitrogen and oxygen atoms in total. The number of nitrogens with zero attached hydrogens (tertiary/aromatic N) is 5. The van der Waals surface area contributed by atoms with E-state index in [0.29, 0.717) is 22.4 Å². The molecule has 0 spiro atoms. The maximum Gasteiger partial charge on any atom is 0.416 e. The Morgan fingerprint density at radius 3 is 2.33 bits per heavy atom. The third-order valence-electron chi connectivity index (χ3n) is 5.95. The van der Waals surface area contributed by atoms with Crippen molar-refractivity contribution >= 4 is 33.2 Å². The number of rotatable bonds is 3. The molecule has 1 atom stereocenters. The molecule has 5 rings (SSSR count). The van der Waals surface area contributed by atoms with E-state index in [-0.39, 0.29) is 34.0 Å². The van der Waals surface area contributed by atoms with Gasteiger partial charge in [-0.1, -0.05) is 25.1 Å². The summed E-state index contributed by atoms with van der Waals surface area (Å²) in [5.74, 6) is 0.474. The summed E-state index contributed by atoms with van der Waals surface area (Å²) in [6.45, 7) is 5.62. The normalized spacial score (nSPS) is 13.3. The van der Waals surface area contributed by atoms with Crippen LogP contribution in [0.5, 0.6) is 0 Å². The summed E-state index contributed by atoms with van der Waals surface area (Å²) < 4.78 is 43.4. The van der Waals surface area contributed by atoms with Gasteiger partial charge >= 0.3 is 6.18 Å². The minimum Gasteiger partial charge on any atom is -0.293 e. The minimum absolute atomic E-state index is 0.102. The highest BCUT2D eigenvalue weighted by Gasteiger charge is 2.31. The molecule has 33 heavy (non-hydrogen) atoms. The third kappa shape index (κ3) is 3.26. The van der Waals surface area contributed by atoms with Crippen LogP contribution in [-0.2, 0) is 6.18 Å². The number of para-hydroxylation sites is 2. The minimum atomic E-state index is -4.51. The van der Waals surface area contributed by atoms with E-state index in [4.69, 9.17) is 0 Å². The van der Waals surface area contributed by atoms with E-state index in [2.05, 4.69) is 15.0 Å². The molecule has 0 saturated carbocycles. The highest BCUT2D eigenvalue weighted by Crippen LogP contribution is 2.33. The zero-order valence-electron chi connectivity index (χ0n) is 18.2. The van der Waals surface area contributed by atoms with Gasteiger partial charge in [0.15, 0.2) is 11.3 Å². The lowest BCUT2D eigenvalue weighted by molar-refractivity contribution is -0.137. The second kappa shape index (κ2) is 7.40. The Labute approximate surface area is 186 Å². The van der Waals surface area contributed by atoms with Crippen molar-refractivity contribution in [3.05, 3.63) is 70.3 Å². The maximum absolute atomic E-state index is 13.6. The molecule has 0 saturated heterocycles. The Kier molecular flexibility index (Phi) is 4.73. The summed E-state index contributed by atoms with van der Waals surface area (Å²) in [6, 6.07) is 12.0. The first-order valence-corrected chi connectivity index (χ1v) is 10.6. The van der Waals surface area contributed by atoms with Gasteiger partial charge in [0.25, 0.3) is 5.56 Å². The molecular formula is C24H20F3N5O. The molecule has 3 aromatic heterocycles. The van der Waals surface area contributed by atoms with Crippen molar-refractivity contribution in [1.29, 1.82) is 0 Å². The molecule has 0 aliphatic heterocycles. The van der Waals surface area contributed by atoms with Crippen LogP contribution in [0, 0.1) is 6.92 Å². The number of hydrogen-bond acceptors (Lipinski definition) is 4. The van der Waals surface area contributed by atoms with Crippen molar-refractivity contribution in [3.63, 3.8) is 0 Å². The molecule has 168 valence electrons. The molecule has 2 aromatic carbocycles. The summed E-state index contributed by atoms with van der Waals surface area (Å²) in [7, 11) is 0. The van der Waals surface area contributed by atoms with Gasteiger partial charge in [0.05, 0.1) is 16.6 Å². The highest BCUT2D eigenvalue weighted by atomic mass is 19.4. The van der Waals surface area contributed by atoms with Crippen LogP contribution in [0.25, 0.3) is 38.9 Å². The van der Waals surface area contributed by atoms with Crippen LogP contribution in [0.3, 0.4) is 0 Å². The van der Waals surface area contributed by atoms with Gasteiger partial charge in [-0.25, -0.2) is 15.0 Å². The molecule has 9 heteroatoms. The summed E-state index contributed by atoms with van der Waals surface area (Å²) in [6.07, 6.45) is -3.80. The monoisotopic (exact) mass is 451 g/mol. The quantitative estimate of drug-likeness (QED) is 0.359. The fourth-order valence-electron chi connectivity index (χ4n) is 4.18. The molecule has 3 heterocycles. The van der Waals surface area contributed by atoms with Gasteiger partial charge in [0, 0.05) is 11.7 Å². The Morgan fingerprint density at radius 1 is 0.970 bits per heavy atom. The number of halogens is 3. The molecule has 0 amide bonds. The van der Waals surface area contributed by atoms with Gasteiger partial charge < -0.3 is 0 Å². The van der Waals surface area contributed by atoms with Gasteiger partial charge in [0.1, 0.15) is 16.7 Å². The molecule has 0 fully saturated rings. The van der Waals surface area contributed by atoms with Crippen LogP contribution in [0.1, 0.15) is 37.7 Å². The molecule has 0 radical (unpaired) electrons. The van der Waals surface area contributed by atoms with Crippen molar-refractivity contribution in [2.75, 3.05) is 0 Å². The predicted octanol–water partition coefficient (Wildman–Crippen LogP) is 5.58. The van der Waals surface area contributed by atoms with E-state index < -0.39 is 11.7 Å². The summed E-state index contributed by atoms with van der Waals surface area (Å²) in [5.41, 5.74) is 1.12. The lowest BCUT2D eigenvalue weighted by atomic mass is 10.2. The van der Waals surface area contributed by atoms with Crippen molar-refractivity contribution < 1.29 is 13.2 Å². The Hall–Kier alpha value is -3.75. The van der Waals surface area contributed by atoms with E-state index in [1.54, 1.807) is 35.8 Å². The zero-order chi connectivity index (χ0) is 23.5. The Balaban J connectivity index is 1.98. The average Bonchev–Trinajstić information content (AvgIpc) is 3.09. The molecule has 0 N–H and O–H groups in total. The second-order valence-electron chi connectivity index (χ2n) is 8.06. The topological polar surface area (TPSA) is 65.6 Å². The number of benzene rings is 2. The van der Waals surface area contributed by atoms with E-state index in [9.17, 15) is 18.0 Å². The lowest BCUT2D eigenvalue weighted by Gasteiger charge is -2.16.